The van der Waals surface area contributed by atoms with Gasteiger partial charge >= 0.3 is 0 Å². The number of nitrogens with two attached hydrogens (primary N) is 1. The number of nitrogens with zero attached hydrogens (tertiary/aromatic N) is 2. The van der Waals surface area contributed by atoms with E-state index in [1.807, 2.05) is 19.9 Å². The average Bonchev–Trinajstić information content (AvgIpc) is 2.91. The Morgan fingerprint density at radius 2 is 2.04 bits per heavy atom. The molecule has 25 heavy (non-hydrogen) atoms. The average molecular weight is 355 g/mol. The maximum absolute atomic E-state index is 12.9. The van der Waals surface area contributed by atoms with Gasteiger partial charge in [0.15, 0.2) is 0 Å². The zero-order valence-corrected chi connectivity index (χ0v) is 14.7. The van der Waals surface area contributed by atoms with Crippen LogP contribution in [0.15, 0.2) is 34.7 Å². The first-order valence-electron chi connectivity index (χ1n) is 7.94. The molecule has 3 heterocycles. The molecule has 7 heteroatoms. The summed E-state index contributed by atoms with van der Waals surface area (Å²) < 4.78 is 12.9. The minimum absolute atomic E-state index is 0.0742. The quantitative estimate of drug-likeness (QED) is 0.673. The Bertz CT molecular complexity index is 1050. The third kappa shape index (κ3) is 2.56. The van der Waals surface area contributed by atoms with Crippen molar-refractivity contribution in [2.45, 2.75) is 32.5 Å². The number of fused-ring (bicyclic) bond motifs is 3. The Morgan fingerprint density at radius 1 is 1.32 bits per heavy atom. The molecule has 0 spiro atoms. The van der Waals surface area contributed by atoms with E-state index in [-0.39, 0.29) is 22.1 Å². The number of aromatic nitrogens is 2. The van der Waals surface area contributed by atoms with Gasteiger partial charge in [0.05, 0.1) is 11.0 Å². The molecule has 4 rings (SSSR count). The van der Waals surface area contributed by atoms with Crippen molar-refractivity contribution in [3.05, 3.63) is 52.0 Å². The van der Waals surface area contributed by atoms with Crippen LogP contribution in [0.5, 0.6) is 0 Å². The van der Waals surface area contributed by atoms with Gasteiger partial charge < -0.3 is 14.9 Å². The van der Waals surface area contributed by atoms with Gasteiger partial charge in [0.25, 0.3) is 5.91 Å². The Hall–Kier alpha value is -2.51. The van der Waals surface area contributed by atoms with Crippen LogP contribution in [-0.2, 0) is 17.8 Å². The van der Waals surface area contributed by atoms with Gasteiger partial charge in [0.1, 0.15) is 18.2 Å². The van der Waals surface area contributed by atoms with Gasteiger partial charge in [-0.15, -0.1) is 0 Å². The van der Waals surface area contributed by atoms with Gasteiger partial charge in [-0.25, -0.2) is 4.57 Å². The number of anilines is 1. The van der Waals surface area contributed by atoms with E-state index >= 15 is 0 Å². The minimum atomic E-state index is -0.336. The molecule has 0 atom stereocenters. The molecule has 2 N–H and O–H groups in total. The number of benzene rings is 1. The number of furan rings is 1. The molecule has 2 aromatic heterocycles. The zero-order chi connectivity index (χ0) is 17.8. The summed E-state index contributed by atoms with van der Waals surface area (Å²) in [6, 6.07) is 8.86. The zero-order valence-electron chi connectivity index (χ0n) is 13.9. The van der Waals surface area contributed by atoms with Gasteiger partial charge in [0.2, 0.25) is 10.5 Å². The third-order valence-electron chi connectivity index (χ3n) is 4.38. The van der Waals surface area contributed by atoms with Crippen LogP contribution in [0.1, 0.15) is 35.5 Å². The van der Waals surface area contributed by atoms with E-state index in [9.17, 15) is 4.79 Å². The second-order valence-electron chi connectivity index (χ2n) is 6.70. The molecule has 1 aliphatic rings. The fraction of sp³-hybridized carbons (Fsp3) is 0.278. The summed E-state index contributed by atoms with van der Waals surface area (Å²) in [5.74, 6) is 0.637. The fourth-order valence-electron chi connectivity index (χ4n) is 3.14. The number of nitrogen functional groups attached to an aromatic ring is 1. The molecule has 3 aromatic rings. The first-order chi connectivity index (χ1) is 11.9. The summed E-state index contributed by atoms with van der Waals surface area (Å²) >= 11 is 5.29. The summed E-state index contributed by atoms with van der Waals surface area (Å²) in [4.78, 5) is 17.2. The molecule has 0 aliphatic carbocycles. The maximum Gasteiger partial charge on any atom is 0.265 e. The topological polar surface area (TPSA) is 83.3 Å². The second-order valence-corrected chi connectivity index (χ2v) is 7.06. The molecule has 128 valence electrons. The number of hydrogen-bond donors (Lipinski definition) is 1. The molecule has 0 bridgehead atoms. The fourth-order valence-corrected chi connectivity index (χ4v) is 3.40. The Kier molecular flexibility index (Phi) is 3.52. The molecule has 0 saturated heterocycles. The van der Waals surface area contributed by atoms with Crippen molar-refractivity contribution in [1.29, 1.82) is 0 Å². The number of ether oxygens (including phenoxy) is 1. The normalized spacial score (nSPS) is 15.9. The van der Waals surface area contributed by atoms with Crippen molar-refractivity contribution in [3.8, 4) is 0 Å². The summed E-state index contributed by atoms with van der Waals surface area (Å²) in [5.41, 5.74) is 7.79. The van der Waals surface area contributed by atoms with Crippen molar-refractivity contribution in [1.82, 2.24) is 9.55 Å². The largest absolute Gasteiger partial charge is 0.440 e. The molecule has 6 nitrogen and oxygen atoms in total. The highest BCUT2D eigenvalue weighted by molar-refractivity contribution is 7.71. The summed E-state index contributed by atoms with van der Waals surface area (Å²) in [6.07, 6.45) is 0.623. The van der Waals surface area contributed by atoms with E-state index in [0.717, 1.165) is 5.56 Å². The molecule has 0 radical (unpaired) electrons. The van der Waals surface area contributed by atoms with Gasteiger partial charge in [-0.05, 0) is 38.2 Å². The molecular weight excluding hydrogens is 338 g/mol. The van der Waals surface area contributed by atoms with Crippen LogP contribution in [0.4, 0.5) is 5.82 Å². The molecule has 0 saturated carbocycles. The smallest absolute Gasteiger partial charge is 0.265 e. The van der Waals surface area contributed by atoms with Crippen LogP contribution < -0.4 is 5.73 Å². The lowest BCUT2D eigenvalue weighted by Gasteiger charge is -2.29. The van der Waals surface area contributed by atoms with Crippen LogP contribution >= 0.6 is 12.2 Å². The first-order valence-corrected chi connectivity index (χ1v) is 8.35. The van der Waals surface area contributed by atoms with Crippen molar-refractivity contribution >= 4 is 35.0 Å². The van der Waals surface area contributed by atoms with Crippen LogP contribution in [-0.4, -0.2) is 21.1 Å². The van der Waals surface area contributed by atoms with Crippen LogP contribution in [0.25, 0.3) is 11.1 Å². The molecule has 0 amide bonds. The van der Waals surface area contributed by atoms with Gasteiger partial charge in [-0.2, -0.15) is 4.98 Å². The first kappa shape index (κ1) is 16.0. The van der Waals surface area contributed by atoms with E-state index in [0.29, 0.717) is 35.5 Å². The number of hydrogen-bond acceptors (Lipinski definition) is 6. The van der Waals surface area contributed by atoms with Crippen LogP contribution in [0.2, 0.25) is 0 Å². The summed E-state index contributed by atoms with van der Waals surface area (Å²) in [5, 5.41) is 0.643. The SMILES string of the molecule is CC1(C)Cc2c(oc3nc(=S)n(C(=O)c4ccccc4)c(N)c23)CO1. The number of carbonyl (C=O) groups excluding carboxylic acids is 1. The van der Waals surface area contributed by atoms with Crippen molar-refractivity contribution in [3.63, 3.8) is 0 Å². The standard InChI is InChI=1S/C18H17N3O3S/c1-18(2)8-11-12(9-23-18)24-15-13(11)14(19)21(17(25)20-15)16(22)10-6-4-3-5-7-10/h3-7H,8-9,19H2,1-2H3. The molecule has 0 unspecified atom stereocenters. The van der Waals surface area contributed by atoms with E-state index in [1.165, 1.54) is 4.57 Å². The van der Waals surface area contributed by atoms with Crippen LogP contribution in [0, 0.1) is 4.77 Å². The Labute approximate surface area is 149 Å². The lowest BCUT2D eigenvalue weighted by molar-refractivity contribution is -0.0476. The lowest BCUT2D eigenvalue weighted by Crippen LogP contribution is -2.31. The summed E-state index contributed by atoms with van der Waals surface area (Å²) in [7, 11) is 0. The van der Waals surface area contributed by atoms with Crippen LogP contribution in [0.3, 0.4) is 0 Å². The van der Waals surface area contributed by atoms with Crippen molar-refractivity contribution in [2.75, 3.05) is 5.73 Å². The number of carbonyl (C=O) groups is 1. The predicted octanol–water partition coefficient (Wildman–Crippen LogP) is 3.48. The Morgan fingerprint density at radius 3 is 2.76 bits per heavy atom. The molecule has 1 aliphatic heterocycles. The highest BCUT2D eigenvalue weighted by Gasteiger charge is 2.32. The van der Waals surface area contributed by atoms with E-state index in [4.69, 9.17) is 27.1 Å². The minimum Gasteiger partial charge on any atom is -0.440 e. The molecule has 0 fully saturated rings. The van der Waals surface area contributed by atoms with Crippen molar-refractivity contribution < 1.29 is 13.9 Å². The van der Waals surface area contributed by atoms with Crippen molar-refractivity contribution in [2.24, 2.45) is 0 Å². The second kappa shape index (κ2) is 5.50. The van der Waals surface area contributed by atoms with Gasteiger partial charge in [-0.1, -0.05) is 18.2 Å². The van der Waals surface area contributed by atoms with E-state index in [1.54, 1.807) is 24.3 Å². The van der Waals surface area contributed by atoms with E-state index < -0.39 is 0 Å². The van der Waals surface area contributed by atoms with E-state index in [2.05, 4.69) is 4.98 Å². The maximum atomic E-state index is 12.9. The van der Waals surface area contributed by atoms with Gasteiger partial charge in [-0.3, -0.25) is 4.79 Å². The Balaban J connectivity index is 1.95. The third-order valence-corrected chi connectivity index (χ3v) is 4.65. The molecule has 1 aromatic carbocycles. The highest BCUT2D eigenvalue weighted by Crippen LogP contribution is 2.37. The summed E-state index contributed by atoms with van der Waals surface area (Å²) in [6.45, 7) is 4.35. The number of rotatable bonds is 1. The monoisotopic (exact) mass is 355 g/mol. The van der Waals surface area contributed by atoms with Gasteiger partial charge in [0, 0.05) is 17.5 Å². The predicted molar refractivity (Wildman–Crippen MR) is 96.0 cm³/mol. The highest BCUT2D eigenvalue weighted by atomic mass is 32.1. The lowest BCUT2D eigenvalue weighted by atomic mass is 9.94. The molecular formula is C18H17N3O3S.